The van der Waals surface area contributed by atoms with Gasteiger partial charge in [0.25, 0.3) is 0 Å². The van der Waals surface area contributed by atoms with Crippen molar-refractivity contribution in [2.45, 2.75) is 12.0 Å². The molecule has 0 saturated carbocycles. The summed E-state index contributed by atoms with van der Waals surface area (Å²) < 4.78 is 0. The van der Waals surface area contributed by atoms with E-state index in [0.29, 0.717) is 12.0 Å². The highest BCUT2D eigenvalue weighted by Gasteiger charge is 2.26. The molecule has 0 aliphatic carbocycles. The van der Waals surface area contributed by atoms with Crippen molar-refractivity contribution in [3.8, 4) is 0 Å². The maximum Gasteiger partial charge on any atom is 0.0545 e. The van der Waals surface area contributed by atoms with E-state index in [1.54, 1.807) is 0 Å². The number of benzene rings is 1. The van der Waals surface area contributed by atoms with Gasteiger partial charge in [-0.15, -0.1) is 13.2 Å². The molecule has 2 atom stereocenters. The van der Waals surface area contributed by atoms with Gasteiger partial charge in [0.1, 0.15) is 0 Å². The molecule has 2 unspecified atom stereocenters. The van der Waals surface area contributed by atoms with E-state index in [-0.39, 0.29) is 0 Å². The van der Waals surface area contributed by atoms with Crippen LogP contribution in [0.3, 0.4) is 0 Å². The van der Waals surface area contributed by atoms with E-state index in [1.807, 2.05) is 18.2 Å². The topological polar surface area (TPSA) is 12.0 Å². The summed E-state index contributed by atoms with van der Waals surface area (Å²) in [4.78, 5) is 0. The Hall–Kier alpha value is -1.50. The minimum absolute atomic E-state index is 0.301. The molecule has 0 amide bonds. The first kappa shape index (κ1) is 8.11. The summed E-state index contributed by atoms with van der Waals surface area (Å²) in [5, 5.41) is 3.40. The second-order valence-corrected chi connectivity index (χ2v) is 3.25. The third kappa shape index (κ3) is 1.17. The Kier molecular flexibility index (Phi) is 1.93. The lowest BCUT2D eigenvalue weighted by molar-refractivity contribution is 0.818. The van der Waals surface area contributed by atoms with Gasteiger partial charge in [-0.1, -0.05) is 30.4 Å². The maximum absolute atomic E-state index is 3.85. The zero-order valence-electron chi connectivity index (χ0n) is 7.53. The molecule has 2 rings (SSSR count). The lowest BCUT2D eigenvalue weighted by Crippen LogP contribution is -2.15. The molecule has 1 N–H and O–H groups in total. The average molecular weight is 171 g/mol. The molecular weight excluding hydrogens is 158 g/mol. The van der Waals surface area contributed by atoms with Crippen molar-refractivity contribution in [3.63, 3.8) is 0 Å². The Morgan fingerprint density at radius 2 is 1.92 bits per heavy atom. The third-order valence-electron chi connectivity index (χ3n) is 2.54. The fourth-order valence-electron chi connectivity index (χ4n) is 1.86. The van der Waals surface area contributed by atoms with Gasteiger partial charge in [0, 0.05) is 11.6 Å². The minimum atomic E-state index is 0.301. The highest BCUT2D eigenvalue weighted by atomic mass is 15.0. The molecule has 1 aromatic carbocycles. The molecule has 1 nitrogen and oxygen atoms in total. The van der Waals surface area contributed by atoms with Crippen LogP contribution in [-0.4, -0.2) is 6.04 Å². The van der Waals surface area contributed by atoms with E-state index in [2.05, 4.69) is 36.7 Å². The van der Waals surface area contributed by atoms with Crippen molar-refractivity contribution in [1.82, 2.24) is 0 Å². The summed E-state index contributed by atoms with van der Waals surface area (Å²) in [5.41, 5.74) is 2.53. The first-order chi connectivity index (χ1) is 6.36. The Bertz CT molecular complexity index is 341. The van der Waals surface area contributed by atoms with Crippen molar-refractivity contribution in [3.05, 3.63) is 55.1 Å². The van der Waals surface area contributed by atoms with Crippen LogP contribution in [0.25, 0.3) is 0 Å². The van der Waals surface area contributed by atoms with Crippen molar-refractivity contribution in [2.75, 3.05) is 5.32 Å². The molecule has 1 aromatic rings. The summed E-state index contributed by atoms with van der Waals surface area (Å²) in [5.74, 6) is 0.369. The van der Waals surface area contributed by atoms with Crippen LogP contribution in [0.4, 0.5) is 5.69 Å². The van der Waals surface area contributed by atoms with Crippen LogP contribution in [0, 0.1) is 0 Å². The van der Waals surface area contributed by atoms with E-state index >= 15 is 0 Å². The van der Waals surface area contributed by atoms with E-state index in [9.17, 15) is 0 Å². The molecule has 13 heavy (non-hydrogen) atoms. The maximum atomic E-state index is 3.85. The van der Waals surface area contributed by atoms with Gasteiger partial charge in [-0.2, -0.15) is 0 Å². The quantitative estimate of drug-likeness (QED) is 0.674. The number of para-hydroxylation sites is 1. The largest absolute Gasteiger partial charge is 0.378 e. The fraction of sp³-hybridized carbons (Fsp3) is 0.167. The van der Waals surface area contributed by atoms with Gasteiger partial charge in [-0.25, -0.2) is 0 Å². The number of rotatable bonds is 2. The van der Waals surface area contributed by atoms with E-state index < -0.39 is 0 Å². The molecule has 0 aromatic heterocycles. The minimum Gasteiger partial charge on any atom is -0.378 e. The SMILES string of the molecule is C=CC1Nc2ccccc2C1C=C. The standard InChI is InChI=1S/C12H13N/c1-3-9-10-7-5-6-8-12(10)13-11(9)4-2/h3-9,11,13H,1-2H2. The summed E-state index contributed by atoms with van der Waals surface area (Å²) in [6, 6.07) is 8.63. The van der Waals surface area contributed by atoms with Gasteiger partial charge < -0.3 is 5.32 Å². The molecule has 0 bridgehead atoms. The number of hydrogen-bond acceptors (Lipinski definition) is 1. The average Bonchev–Trinajstić information content (AvgIpc) is 2.55. The van der Waals surface area contributed by atoms with E-state index in [1.165, 1.54) is 11.3 Å². The number of nitrogens with one attached hydrogen (secondary N) is 1. The van der Waals surface area contributed by atoms with E-state index in [4.69, 9.17) is 0 Å². The predicted octanol–water partition coefficient (Wildman–Crippen LogP) is 2.94. The molecule has 0 fully saturated rings. The van der Waals surface area contributed by atoms with Gasteiger partial charge in [0.05, 0.1) is 6.04 Å². The zero-order chi connectivity index (χ0) is 9.26. The van der Waals surface area contributed by atoms with Crippen LogP contribution in [0.2, 0.25) is 0 Å². The highest BCUT2D eigenvalue weighted by Crippen LogP contribution is 2.36. The summed E-state index contributed by atoms with van der Waals surface area (Å²) in [6.45, 7) is 7.67. The molecule has 0 spiro atoms. The zero-order valence-corrected chi connectivity index (χ0v) is 7.53. The van der Waals surface area contributed by atoms with Crippen LogP contribution in [-0.2, 0) is 0 Å². The highest BCUT2D eigenvalue weighted by molar-refractivity contribution is 5.61. The lowest BCUT2D eigenvalue weighted by atomic mass is 9.95. The van der Waals surface area contributed by atoms with Crippen LogP contribution in [0.1, 0.15) is 11.5 Å². The summed E-state index contributed by atoms with van der Waals surface area (Å²) >= 11 is 0. The third-order valence-corrected chi connectivity index (χ3v) is 2.54. The van der Waals surface area contributed by atoms with Crippen LogP contribution >= 0.6 is 0 Å². The predicted molar refractivity (Wildman–Crippen MR) is 57.0 cm³/mol. The second kappa shape index (κ2) is 3.09. The normalized spacial score (nSPS) is 24.6. The second-order valence-electron chi connectivity index (χ2n) is 3.25. The monoisotopic (exact) mass is 171 g/mol. The number of fused-ring (bicyclic) bond motifs is 1. The Morgan fingerprint density at radius 1 is 1.15 bits per heavy atom. The van der Waals surface area contributed by atoms with Crippen molar-refractivity contribution in [2.24, 2.45) is 0 Å². The van der Waals surface area contributed by atoms with Crippen LogP contribution < -0.4 is 5.32 Å². The molecule has 1 heterocycles. The Balaban J connectivity index is 2.45. The number of anilines is 1. The summed E-state index contributed by atoms with van der Waals surface area (Å²) in [7, 11) is 0. The van der Waals surface area contributed by atoms with Gasteiger partial charge in [-0.05, 0) is 11.6 Å². The van der Waals surface area contributed by atoms with Gasteiger partial charge in [0.15, 0.2) is 0 Å². The van der Waals surface area contributed by atoms with Crippen LogP contribution in [0.15, 0.2) is 49.6 Å². The molecule has 0 saturated heterocycles. The molecule has 0 radical (unpaired) electrons. The molecule has 1 aliphatic rings. The van der Waals surface area contributed by atoms with Crippen molar-refractivity contribution in [1.29, 1.82) is 0 Å². The van der Waals surface area contributed by atoms with Gasteiger partial charge in [0.2, 0.25) is 0 Å². The molecule has 66 valence electrons. The molecule has 1 aliphatic heterocycles. The summed E-state index contributed by atoms with van der Waals surface area (Å²) in [6.07, 6.45) is 3.91. The smallest absolute Gasteiger partial charge is 0.0545 e. The Morgan fingerprint density at radius 3 is 2.62 bits per heavy atom. The van der Waals surface area contributed by atoms with Crippen molar-refractivity contribution >= 4 is 5.69 Å². The Labute approximate surface area is 78.8 Å². The van der Waals surface area contributed by atoms with Gasteiger partial charge in [-0.3, -0.25) is 0 Å². The van der Waals surface area contributed by atoms with E-state index in [0.717, 1.165) is 0 Å². The molecular formula is C12H13N. The molecule has 1 heteroatoms. The van der Waals surface area contributed by atoms with Crippen LogP contribution in [0.5, 0.6) is 0 Å². The van der Waals surface area contributed by atoms with Crippen molar-refractivity contribution < 1.29 is 0 Å². The lowest BCUT2D eigenvalue weighted by Gasteiger charge is -2.11. The first-order valence-electron chi connectivity index (χ1n) is 4.47. The first-order valence-corrected chi connectivity index (χ1v) is 4.47. The number of hydrogen-bond donors (Lipinski definition) is 1. The van der Waals surface area contributed by atoms with Gasteiger partial charge >= 0.3 is 0 Å². The fourth-order valence-corrected chi connectivity index (χ4v) is 1.86.